The monoisotopic (exact) mass is 222 g/mol. The number of hydrogen-bond donors (Lipinski definition) is 2. The van der Waals surface area contributed by atoms with Gasteiger partial charge >= 0.3 is 0 Å². The number of benzene rings is 1. The van der Waals surface area contributed by atoms with Crippen LogP contribution in [-0.4, -0.2) is 25.6 Å². The molecule has 0 fully saturated rings. The maximum absolute atomic E-state index is 11.1. The molecule has 0 atom stereocenters. The summed E-state index contributed by atoms with van der Waals surface area (Å²) in [6.45, 7) is 4.84. The number of nitrogens with one attached hydrogen (secondary N) is 1. The van der Waals surface area contributed by atoms with E-state index in [1.54, 1.807) is 12.1 Å². The Labute approximate surface area is 95.8 Å². The van der Waals surface area contributed by atoms with Crippen LogP contribution in [0.15, 0.2) is 24.3 Å². The Morgan fingerprint density at radius 3 is 2.88 bits per heavy atom. The molecule has 1 aromatic carbocycles. The van der Waals surface area contributed by atoms with Gasteiger partial charge in [-0.25, -0.2) is 0 Å². The van der Waals surface area contributed by atoms with E-state index in [0.717, 1.165) is 18.7 Å². The number of ether oxygens (including phenoxy) is 1. The minimum absolute atomic E-state index is 0.411. The molecule has 0 saturated carbocycles. The lowest BCUT2D eigenvalue weighted by molar-refractivity contribution is 0.0985. The highest BCUT2D eigenvalue weighted by Gasteiger charge is 2.06. The summed E-state index contributed by atoms with van der Waals surface area (Å²) in [5.74, 6) is -0.411. The SMILES string of the molecule is CCNCCOCc1ccccc1C(N)=O. The fourth-order valence-corrected chi connectivity index (χ4v) is 1.39. The molecule has 1 amide bonds. The highest BCUT2D eigenvalue weighted by molar-refractivity contribution is 5.94. The Kier molecular flexibility index (Phi) is 5.53. The molecule has 88 valence electrons. The van der Waals surface area contributed by atoms with Crippen LogP contribution in [0.5, 0.6) is 0 Å². The third kappa shape index (κ3) is 4.00. The normalized spacial score (nSPS) is 10.3. The summed E-state index contributed by atoms with van der Waals surface area (Å²) in [6.07, 6.45) is 0. The number of nitrogens with two attached hydrogens (primary N) is 1. The van der Waals surface area contributed by atoms with Gasteiger partial charge in [-0.3, -0.25) is 4.79 Å². The third-order valence-corrected chi connectivity index (χ3v) is 2.21. The average Bonchev–Trinajstić information content (AvgIpc) is 2.29. The van der Waals surface area contributed by atoms with E-state index < -0.39 is 5.91 Å². The van der Waals surface area contributed by atoms with Crippen molar-refractivity contribution in [1.29, 1.82) is 0 Å². The van der Waals surface area contributed by atoms with Crippen LogP contribution >= 0.6 is 0 Å². The zero-order valence-electron chi connectivity index (χ0n) is 9.53. The molecule has 0 aliphatic heterocycles. The predicted molar refractivity (Wildman–Crippen MR) is 63.2 cm³/mol. The largest absolute Gasteiger partial charge is 0.375 e. The molecule has 0 saturated heterocycles. The molecule has 1 rings (SSSR count). The smallest absolute Gasteiger partial charge is 0.249 e. The first-order valence-corrected chi connectivity index (χ1v) is 5.42. The molecule has 4 nitrogen and oxygen atoms in total. The van der Waals surface area contributed by atoms with Crippen molar-refractivity contribution in [2.75, 3.05) is 19.7 Å². The van der Waals surface area contributed by atoms with Crippen molar-refractivity contribution in [3.63, 3.8) is 0 Å². The van der Waals surface area contributed by atoms with Crippen LogP contribution in [0.4, 0.5) is 0 Å². The van der Waals surface area contributed by atoms with Crippen molar-refractivity contribution in [2.45, 2.75) is 13.5 Å². The van der Waals surface area contributed by atoms with Crippen LogP contribution in [0, 0.1) is 0 Å². The molecule has 4 heteroatoms. The lowest BCUT2D eigenvalue weighted by atomic mass is 10.1. The molecular formula is C12H18N2O2. The van der Waals surface area contributed by atoms with Crippen LogP contribution in [0.1, 0.15) is 22.8 Å². The van der Waals surface area contributed by atoms with Gasteiger partial charge in [-0.05, 0) is 18.2 Å². The van der Waals surface area contributed by atoms with Crippen molar-refractivity contribution >= 4 is 5.91 Å². The van der Waals surface area contributed by atoms with Gasteiger partial charge in [0.15, 0.2) is 0 Å². The van der Waals surface area contributed by atoms with Crippen LogP contribution in [0.3, 0.4) is 0 Å². The van der Waals surface area contributed by atoms with Gasteiger partial charge in [0, 0.05) is 12.1 Å². The maximum atomic E-state index is 11.1. The summed E-state index contributed by atoms with van der Waals surface area (Å²) < 4.78 is 5.44. The first-order chi connectivity index (χ1) is 7.75. The van der Waals surface area contributed by atoms with Crippen molar-refractivity contribution in [3.8, 4) is 0 Å². The number of primary amides is 1. The number of likely N-dealkylation sites (N-methyl/N-ethyl adjacent to an activating group) is 1. The molecule has 0 aliphatic rings. The van der Waals surface area contributed by atoms with Crippen LogP contribution in [-0.2, 0) is 11.3 Å². The Morgan fingerprint density at radius 1 is 1.44 bits per heavy atom. The fraction of sp³-hybridized carbons (Fsp3) is 0.417. The molecule has 0 aliphatic carbocycles. The summed E-state index contributed by atoms with van der Waals surface area (Å²) in [5.41, 5.74) is 6.63. The fourth-order valence-electron chi connectivity index (χ4n) is 1.39. The van der Waals surface area contributed by atoms with Crippen LogP contribution in [0.2, 0.25) is 0 Å². The quantitative estimate of drug-likeness (QED) is 0.674. The third-order valence-electron chi connectivity index (χ3n) is 2.21. The maximum Gasteiger partial charge on any atom is 0.249 e. The molecular weight excluding hydrogens is 204 g/mol. The van der Waals surface area contributed by atoms with E-state index >= 15 is 0 Å². The molecule has 1 aromatic rings. The highest BCUT2D eigenvalue weighted by Crippen LogP contribution is 2.08. The lowest BCUT2D eigenvalue weighted by Crippen LogP contribution is -2.19. The summed E-state index contributed by atoms with van der Waals surface area (Å²) in [7, 11) is 0. The van der Waals surface area contributed by atoms with Gasteiger partial charge in [-0.2, -0.15) is 0 Å². The number of carbonyl (C=O) groups is 1. The van der Waals surface area contributed by atoms with Crippen molar-refractivity contribution in [2.24, 2.45) is 5.73 Å². The van der Waals surface area contributed by atoms with E-state index in [-0.39, 0.29) is 0 Å². The van der Waals surface area contributed by atoms with Gasteiger partial charge in [-0.15, -0.1) is 0 Å². The van der Waals surface area contributed by atoms with Gasteiger partial charge in [-0.1, -0.05) is 25.1 Å². The van der Waals surface area contributed by atoms with E-state index in [1.807, 2.05) is 19.1 Å². The Morgan fingerprint density at radius 2 is 2.19 bits per heavy atom. The predicted octanol–water partition coefficient (Wildman–Crippen LogP) is 0.912. The highest BCUT2D eigenvalue weighted by atomic mass is 16.5. The summed E-state index contributed by atoms with van der Waals surface area (Å²) in [6, 6.07) is 7.23. The van der Waals surface area contributed by atoms with E-state index in [0.29, 0.717) is 18.8 Å². The van der Waals surface area contributed by atoms with Gasteiger partial charge < -0.3 is 15.8 Å². The Balaban J connectivity index is 2.44. The molecule has 0 unspecified atom stereocenters. The zero-order chi connectivity index (χ0) is 11.8. The summed E-state index contributed by atoms with van der Waals surface area (Å²) in [4.78, 5) is 11.1. The molecule has 0 spiro atoms. The molecule has 0 bridgehead atoms. The van der Waals surface area contributed by atoms with Gasteiger partial charge in [0.2, 0.25) is 5.91 Å². The van der Waals surface area contributed by atoms with Crippen LogP contribution in [0.25, 0.3) is 0 Å². The second-order valence-corrected chi connectivity index (χ2v) is 3.43. The van der Waals surface area contributed by atoms with E-state index in [2.05, 4.69) is 5.32 Å². The number of carbonyl (C=O) groups excluding carboxylic acids is 1. The van der Waals surface area contributed by atoms with Gasteiger partial charge in [0.1, 0.15) is 0 Å². The standard InChI is InChI=1S/C12H18N2O2/c1-2-14-7-8-16-9-10-5-3-4-6-11(10)12(13)15/h3-6,14H,2,7-9H2,1H3,(H2,13,15). The van der Waals surface area contributed by atoms with E-state index in [1.165, 1.54) is 0 Å². The summed E-state index contributed by atoms with van der Waals surface area (Å²) >= 11 is 0. The van der Waals surface area contributed by atoms with Crippen molar-refractivity contribution in [1.82, 2.24) is 5.32 Å². The molecule has 0 heterocycles. The zero-order valence-corrected chi connectivity index (χ0v) is 9.53. The first kappa shape index (κ1) is 12.7. The van der Waals surface area contributed by atoms with Crippen molar-refractivity contribution in [3.05, 3.63) is 35.4 Å². The van der Waals surface area contributed by atoms with E-state index in [9.17, 15) is 4.79 Å². The first-order valence-electron chi connectivity index (χ1n) is 5.42. The Bertz CT molecular complexity index is 340. The number of hydrogen-bond acceptors (Lipinski definition) is 3. The lowest BCUT2D eigenvalue weighted by Gasteiger charge is -2.07. The van der Waals surface area contributed by atoms with Gasteiger partial charge in [0.05, 0.1) is 13.2 Å². The van der Waals surface area contributed by atoms with E-state index in [4.69, 9.17) is 10.5 Å². The van der Waals surface area contributed by atoms with Crippen LogP contribution < -0.4 is 11.1 Å². The Hall–Kier alpha value is -1.39. The number of rotatable bonds is 7. The average molecular weight is 222 g/mol. The molecule has 16 heavy (non-hydrogen) atoms. The second kappa shape index (κ2) is 6.98. The van der Waals surface area contributed by atoms with Gasteiger partial charge in [0.25, 0.3) is 0 Å². The van der Waals surface area contributed by atoms with Crippen molar-refractivity contribution < 1.29 is 9.53 Å². The number of amides is 1. The molecule has 3 N–H and O–H groups in total. The summed E-state index contributed by atoms with van der Waals surface area (Å²) in [5, 5.41) is 3.16. The topological polar surface area (TPSA) is 64.3 Å². The molecule has 0 aromatic heterocycles. The minimum Gasteiger partial charge on any atom is -0.375 e. The molecule has 0 radical (unpaired) electrons. The second-order valence-electron chi connectivity index (χ2n) is 3.43. The minimum atomic E-state index is -0.411.